The van der Waals surface area contributed by atoms with E-state index in [-0.39, 0.29) is 0 Å². The molecule has 0 saturated heterocycles. The van der Waals surface area contributed by atoms with Crippen LogP contribution in [0.4, 0.5) is 0 Å². The molecule has 0 heterocycles. The molecule has 73 valence electrons. The summed E-state index contributed by atoms with van der Waals surface area (Å²) < 4.78 is 0. The molecule has 0 saturated carbocycles. The van der Waals surface area contributed by atoms with Crippen molar-refractivity contribution in [3.05, 3.63) is 5.92 Å². The monoisotopic (exact) mass is 169 g/mol. The molecule has 0 amide bonds. The van der Waals surface area contributed by atoms with E-state index in [9.17, 15) is 0 Å². The molecule has 0 spiro atoms. The summed E-state index contributed by atoms with van der Waals surface area (Å²) in [5.41, 5.74) is 0.526. The van der Waals surface area contributed by atoms with E-state index in [0.717, 1.165) is 5.92 Å². The fraction of sp³-hybridized carbons (Fsp3) is 0.917. The summed E-state index contributed by atoms with van der Waals surface area (Å²) in [6.45, 7) is 13.9. The zero-order valence-electron chi connectivity index (χ0n) is 9.70. The maximum Gasteiger partial charge on any atom is -0.0272 e. The van der Waals surface area contributed by atoms with Crippen molar-refractivity contribution in [1.82, 2.24) is 0 Å². The van der Waals surface area contributed by atoms with Gasteiger partial charge in [-0.3, -0.25) is 0 Å². The maximum absolute atomic E-state index is 2.37. The standard InChI is InChI=1S/C12H25/c1-7-11(10(3)4)9-12(5,6)8-2/h11H,7-9H2,1-6H3. The lowest BCUT2D eigenvalue weighted by atomic mass is 9.76. The molecule has 0 nitrogen and oxygen atoms in total. The topological polar surface area (TPSA) is 0 Å². The van der Waals surface area contributed by atoms with Gasteiger partial charge in [0, 0.05) is 0 Å². The summed E-state index contributed by atoms with van der Waals surface area (Å²) >= 11 is 0. The maximum atomic E-state index is 2.37. The van der Waals surface area contributed by atoms with Gasteiger partial charge in [-0.1, -0.05) is 54.4 Å². The second-order valence-corrected chi connectivity index (χ2v) is 4.90. The first-order valence-electron chi connectivity index (χ1n) is 5.23. The van der Waals surface area contributed by atoms with Gasteiger partial charge in [0.05, 0.1) is 0 Å². The second-order valence-electron chi connectivity index (χ2n) is 4.90. The van der Waals surface area contributed by atoms with Crippen LogP contribution in [-0.2, 0) is 0 Å². The summed E-state index contributed by atoms with van der Waals surface area (Å²) in [4.78, 5) is 0. The molecule has 0 aromatic heterocycles. The first-order valence-corrected chi connectivity index (χ1v) is 5.23. The van der Waals surface area contributed by atoms with Gasteiger partial charge in [-0.2, -0.15) is 0 Å². The molecular weight excluding hydrogens is 144 g/mol. The quantitative estimate of drug-likeness (QED) is 0.570. The van der Waals surface area contributed by atoms with Crippen molar-refractivity contribution in [2.75, 3.05) is 0 Å². The zero-order chi connectivity index (χ0) is 9.78. The molecule has 0 aromatic rings. The lowest BCUT2D eigenvalue weighted by molar-refractivity contribution is 0.259. The van der Waals surface area contributed by atoms with Crippen LogP contribution in [-0.4, -0.2) is 0 Å². The Hall–Kier alpha value is 0. The molecule has 0 fully saturated rings. The second kappa shape index (κ2) is 4.89. The van der Waals surface area contributed by atoms with Crippen LogP contribution >= 0.6 is 0 Å². The summed E-state index contributed by atoms with van der Waals surface area (Å²) in [5.74, 6) is 2.43. The smallest absolute Gasteiger partial charge is 0.0272 e. The van der Waals surface area contributed by atoms with E-state index >= 15 is 0 Å². The summed E-state index contributed by atoms with van der Waals surface area (Å²) in [5, 5.41) is 0. The van der Waals surface area contributed by atoms with Crippen molar-refractivity contribution in [3.63, 3.8) is 0 Å². The largest absolute Gasteiger partial charge is 0.0651 e. The highest BCUT2D eigenvalue weighted by molar-refractivity contribution is 4.89. The molecule has 0 bridgehead atoms. The van der Waals surface area contributed by atoms with E-state index in [2.05, 4.69) is 41.5 Å². The van der Waals surface area contributed by atoms with E-state index in [4.69, 9.17) is 0 Å². The van der Waals surface area contributed by atoms with Crippen LogP contribution in [0.2, 0.25) is 0 Å². The first kappa shape index (κ1) is 12.0. The van der Waals surface area contributed by atoms with Gasteiger partial charge < -0.3 is 0 Å². The Balaban J connectivity index is 4.01. The van der Waals surface area contributed by atoms with E-state index in [1.165, 1.54) is 19.3 Å². The summed E-state index contributed by atoms with van der Waals surface area (Å²) in [7, 11) is 0. The van der Waals surface area contributed by atoms with Gasteiger partial charge >= 0.3 is 0 Å². The number of rotatable bonds is 5. The van der Waals surface area contributed by atoms with Gasteiger partial charge in [-0.15, -0.1) is 0 Å². The summed E-state index contributed by atoms with van der Waals surface area (Å²) in [6.07, 6.45) is 3.94. The first-order chi connectivity index (χ1) is 5.43. The fourth-order valence-corrected chi connectivity index (χ4v) is 1.57. The minimum absolute atomic E-state index is 0.526. The van der Waals surface area contributed by atoms with Gasteiger partial charge in [0.1, 0.15) is 0 Å². The van der Waals surface area contributed by atoms with E-state index in [1.807, 2.05) is 0 Å². The summed E-state index contributed by atoms with van der Waals surface area (Å²) in [6, 6.07) is 0. The zero-order valence-corrected chi connectivity index (χ0v) is 9.70. The number of hydrogen-bond acceptors (Lipinski definition) is 0. The van der Waals surface area contributed by atoms with E-state index < -0.39 is 0 Å². The van der Waals surface area contributed by atoms with Crippen molar-refractivity contribution < 1.29 is 0 Å². The third kappa shape index (κ3) is 4.13. The Morgan fingerprint density at radius 1 is 1.17 bits per heavy atom. The molecule has 12 heavy (non-hydrogen) atoms. The molecule has 0 aromatic carbocycles. The van der Waals surface area contributed by atoms with Crippen molar-refractivity contribution in [3.8, 4) is 0 Å². The Morgan fingerprint density at radius 3 is 1.92 bits per heavy atom. The Kier molecular flexibility index (Phi) is 4.89. The molecule has 0 rings (SSSR count). The minimum Gasteiger partial charge on any atom is -0.0651 e. The van der Waals surface area contributed by atoms with Crippen LogP contribution in [0, 0.1) is 17.3 Å². The van der Waals surface area contributed by atoms with E-state index in [1.54, 1.807) is 5.92 Å². The lowest BCUT2D eigenvalue weighted by Crippen LogP contribution is -2.18. The number of hydrogen-bond donors (Lipinski definition) is 0. The molecule has 0 N–H and O–H groups in total. The van der Waals surface area contributed by atoms with Crippen LogP contribution < -0.4 is 0 Å². The van der Waals surface area contributed by atoms with Gasteiger partial charge in [-0.25, -0.2) is 0 Å². The third-order valence-corrected chi connectivity index (χ3v) is 3.07. The third-order valence-electron chi connectivity index (χ3n) is 3.07. The van der Waals surface area contributed by atoms with Crippen LogP contribution in [0.1, 0.15) is 60.8 Å². The van der Waals surface area contributed by atoms with Gasteiger partial charge in [-0.05, 0) is 23.7 Å². The average Bonchev–Trinajstić information content (AvgIpc) is 2.00. The Morgan fingerprint density at radius 2 is 1.67 bits per heavy atom. The van der Waals surface area contributed by atoms with Gasteiger partial charge in [0.25, 0.3) is 0 Å². The highest BCUT2D eigenvalue weighted by Crippen LogP contribution is 2.34. The van der Waals surface area contributed by atoms with Crippen molar-refractivity contribution in [2.45, 2.75) is 60.8 Å². The molecule has 0 aliphatic rings. The predicted molar refractivity (Wildman–Crippen MR) is 57.1 cm³/mol. The van der Waals surface area contributed by atoms with Crippen molar-refractivity contribution >= 4 is 0 Å². The van der Waals surface area contributed by atoms with Crippen LogP contribution in [0.15, 0.2) is 0 Å². The predicted octanol–water partition coefficient (Wildman–Crippen LogP) is 4.45. The van der Waals surface area contributed by atoms with E-state index in [0.29, 0.717) is 5.41 Å². The van der Waals surface area contributed by atoms with Crippen LogP contribution in [0.5, 0.6) is 0 Å². The SMILES string of the molecule is CCC(CC(C)(C)CC)[C](C)C. The van der Waals surface area contributed by atoms with Crippen molar-refractivity contribution in [1.29, 1.82) is 0 Å². The van der Waals surface area contributed by atoms with Gasteiger partial charge in [0.2, 0.25) is 0 Å². The minimum atomic E-state index is 0.526. The van der Waals surface area contributed by atoms with Crippen molar-refractivity contribution in [2.24, 2.45) is 11.3 Å². The van der Waals surface area contributed by atoms with Crippen LogP contribution in [0.25, 0.3) is 0 Å². The Bertz CT molecular complexity index is 111. The lowest BCUT2D eigenvalue weighted by Gasteiger charge is -2.30. The van der Waals surface area contributed by atoms with Crippen LogP contribution in [0.3, 0.4) is 0 Å². The molecule has 1 radical (unpaired) electrons. The molecule has 0 aliphatic carbocycles. The molecule has 0 aliphatic heterocycles. The Labute approximate surface area is 78.8 Å². The fourth-order valence-electron chi connectivity index (χ4n) is 1.57. The molecule has 0 heteroatoms. The normalized spacial score (nSPS) is 15.2. The average molecular weight is 169 g/mol. The highest BCUT2D eigenvalue weighted by atomic mass is 14.3. The molecule has 1 unspecified atom stereocenters. The highest BCUT2D eigenvalue weighted by Gasteiger charge is 2.22. The van der Waals surface area contributed by atoms with Gasteiger partial charge in [0.15, 0.2) is 0 Å². The molecule has 1 atom stereocenters. The molecular formula is C12H25.